The largest absolute Gasteiger partial charge is 0.381 e. The summed E-state index contributed by atoms with van der Waals surface area (Å²) in [6.07, 6.45) is 2.56. The van der Waals surface area contributed by atoms with E-state index in [1.54, 1.807) is 0 Å². The minimum atomic E-state index is 0.626. The third-order valence-corrected chi connectivity index (χ3v) is 4.34. The predicted molar refractivity (Wildman–Crippen MR) is 82.5 cm³/mol. The smallest absolute Gasteiger partial charge is 0.0506 e. The Kier molecular flexibility index (Phi) is 7.96. The molecular formula is C16H34N2O. The fraction of sp³-hybridized carbons (Fsp3) is 1.00. The van der Waals surface area contributed by atoms with Crippen LogP contribution in [0.2, 0.25) is 0 Å². The van der Waals surface area contributed by atoms with E-state index in [1.165, 1.54) is 19.4 Å². The minimum absolute atomic E-state index is 0.626. The Bertz CT molecular complexity index is 227. The van der Waals surface area contributed by atoms with Gasteiger partial charge in [0, 0.05) is 19.2 Å². The first-order valence-corrected chi connectivity index (χ1v) is 7.99. The fourth-order valence-electron chi connectivity index (χ4n) is 2.73. The van der Waals surface area contributed by atoms with Gasteiger partial charge in [0.1, 0.15) is 0 Å². The Morgan fingerprint density at radius 1 is 1.21 bits per heavy atom. The van der Waals surface area contributed by atoms with Gasteiger partial charge in [-0.3, -0.25) is 0 Å². The number of nitrogens with zero attached hydrogens (tertiary/aromatic N) is 1. The van der Waals surface area contributed by atoms with Gasteiger partial charge in [-0.05, 0) is 57.7 Å². The third-order valence-electron chi connectivity index (χ3n) is 4.34. The quantitative estimate of drug-likeness (QED) is 0.734. The Balaban J connectivity index is 2.23. The van der Waals surface area contributed by atoms with E-state index in [0.717, 1.165) is 38.1 Å². The molecule has 114 valence electrons. The molecule has 0 aromatic rings. The highest BCUT2D eigenvalue weighted by Crippen LogP contribution is 2.17. The van der Waals surface area contributed by atoms with Crippen molar-refractivity contribution in [1.29, 1.82) is 0 Å². The van der Waals surface area contributed by atoms with E-state index in [2.05, 4.69) is 45.0 Å². The lowest BCUT2D eigenvalue weighted by molar-refractivity contribution is 0.0334. The summed E-state index contributed by atoms with van der Waals surface area (Å²) in [6.45, 7) is 14.6. The Hall–Kier alpha value is -0.120. The monoisotopic (exact) mass is 270 g/mol. The topological polar surface area (TPSA) is 24.5 Å². The van der Waals surface area contributed by atoms with Gasteiger partial charge in [0.15, 0.2) is 0 Å². The molecule has 0 aromatic carbocycles. The summed E-state index contributed by atoms with van der Waals surface area (Å²) in [4.78, 5) is 2.51. The molecule has 1 heterocycles. The normalized spacial score (nSPS) is 23.8. The van der Waals surface area contributed by atoms with Crippen molar-refractivity contribution in [2.24, 2.45) is 17.8 Å². The molecule has 1 aliphatic heterocycles. The molecule has 3 unspecified atom stereocenters. The lowest BCUT2D eigenvalue weighted by Crippen LogP contribution is -2.42. The molecule has 1 rings (SSSR count). The van der Waals surface area contributed by atoms with Crippen molar-refractivity contribution >= 4 is 0 Å². The van der Waals surface area contributed by atoms with Crippen LogP contribution in [0, 0.1) is 17.8 Å². The van der Waals surface area contributed by atoms with E-state index in [-0.39, 0.29) is 0 Å². The maximum absolute atomic E-state index is 5.58. The highest BCUT2D eigenvalue weighted by molar-refractivity contribution is 4.75. The SMILES string of the molecule is CC(C)CNCC(C)C(C)N(C)CC1CCCOC1. The molecule has 19 heavy (non-hydrogen) atoms. The molecule has 0 amide bonds. The van der Waals surface area contributed by atoms with Gasteiger partial charge in [-0.2, -0.15) is 0 Å². The molecule has 3 atom stereocenters. The van der Waals surface area contributed by atoms with E-state index in [4.69, 9.17) is 4.74 Å². The lowest BCUT2D eigenvalue weighted by atomic mass is 9.98. The van der Waals surface area contributed by atoms with Crippen LogP contribution < -0.4 is 5.32 Å². The third kappa shape index (κ3) is 6.73. The average molecular weight is 270 g/mol. The van der Waals surface area contributed by atoms with Crippen LogP contribution in [0.5, 0.6) is 0 Å². The van der Waals surface area contributed by atoms with Gasteiger partial charge in [0.25, 0.3) is 0 Å². The van der Waals surface area contributed by atoms with Crippen molar-refractivity contribution in [3.63, 3.8) is 0 Å². The lowest BCUT2D eigenvalue weighted by Gasteiger charge is -2.34. The standard InChI is InChI=1S/C16H34N2O/c1-13(2)9-17-10-14(3)15(4)18(5)11-16-7-6-8-19-12-16/h13-17H,6-12H2,1-5H3. The molecule has 0 radical (unpaired) electrons. The van der Waals surface area contributed by atoms with Gasteiger partial charge in [0.2, 0.25) is 0 Å². The second-order valence-corrected chi connectivity index (χ2v) is 6.79. The van der Waals surface area contributed by atoms with E-state index in [0.29, 0.717) is 12.0 Å². The number of hydrogen-bond donors (Lipinski definition) is 1. The van der Waals surface area contributed by atoms with Crippen molar-refractivity contribution < 1.29 is 4.74 Å². The second-order valence-electron chi connectivity index (χ2n) is 6.79. The maximum atomic E-state index is 5.58. The molecule has 0 aliphatic carbocycles. The molecule has 3 nitrogen and oxygen atoms in total. The van der Waals surface area contributed by atoms with Crippen LogP contribution in [0.25, 0.3) is 0 Å². The molecule has 1 saturated heterocycles. The molecule has 0 aromatic heterocycles. The summed E-state index contributed by atoms with van der Waals surface area (Å²) < 4.78 is 5.58. The fourth-order valence-corrected chi connectivity index (χ4v) is 2.73. The summed E-state index contributed by atoms with van der Waals surface area (Å²) in [7, 11) is 2.26. The number of ether oxygens (including phenoxy) is 1. The summed E-state index contributed by atoms with van der Waals surface area (Å²) in [5.74, 6) is 2.16. The molecule has 0 bridgehead atoms. The van der Waals surface area contributed by atoms with Crippen LogP contribution >= 0.6 is 0 Å². The van der Waals surface area contributed by atoms with E-state index in [9.17, 15) is 0 Å². The van der Waals surface area contributed by atoms with Crippen molar-refractivity contribution in [1.82, 2.24) is 10.2 Å². The molecule has 1 aliphatic rings. The van der Waals surface area contributed by atoms with Crippen molar-refractivity contribution in [3.8, 4) is 0 Å². The minimum Gasteiger partial charge on any atom is -0.381 e. The number of rotatable bonds is 8. The summed E-state index contributed by atoms with van der Waals surface area (Å²) in [6, 6.07) is 0.626. The van der Waals surface area contributed by atoms with Crippen LogP contribution in [-0.4, -0.2) is 50.8 Å². The molecule has 0 spiro atoms. The van der Waals surface area contributed by atoms with Crippen LogP contribution in [0.4, 0.5) is 0 Å². The van der Waals surface area contributed by atoms with E-state index >= 15 is 0 Å². The van der Waals surface area contributed by atoms with Crippen molar-refractivity contribution in [3.05, 3.63) is 0 Å². The Morgan fingerprint density at radius 2 is 1.95 bits per heavy atom. The van der Waals surface area contributed by atoms with Gasteiger partial charge in [0.05, 0.1) is 6.61 Å². The van der Waals surface area contributed by atoms with Crippen molar-refractivity contribution in [2.75, 3.05) is 39.9 Å². The molecule has 1 fully saturated rings. The van der Waals surface area contributed by atoms with E-state index < -0.39 is 0 Å². The van der Waals surface area contributed by atoms with Crippen LogP contribution in [-0.2, 0) is 4.74 Å². The highest BCUT2D eigenvalue weighted by atomic mass is 16.5. The van der Waals surface area contributed by atoms with Crippen LogP contribution in [0.15, 0.2) is 0 Å². The second kappa shape index (κ2) is 8.93. The first kappa shape index (κ1) is 16.9. The maximum Gasteiger partial charge on any atom is 0.0506 e. The first-order valence-electron chi connectivity index (χ1n) is 7.99. The highest BCUT2D eigenvalue weighted by Gasteiger charge is 2.21. The Labute approximate surface area is 120 Å². The summed E-state index contributed by atoms with van der Waals surface area (Å²) >= 11 is 0. The molecular weight excluding hydrogens is 236 g/mol. The van der Waals surface area contributed by atoms with Gasteiger partial charge < -0.3 is 15.0 Å². The zero-order chi connectivity index (χ0) is 14.3. The number of hydrogen-bond acceptors (Lipinski definition) is 3. The summed E-state index contributed by atoms with van der Waals surface area (Å²) in [5.41, 5.74) is 0. The van der Waals surface area contributed by atoms with Crippen LogP contribution in [0.1, 0.15) is 40.5 Å². The van der Waals surface area contributed by atoms with Gasteiger partial charge in [-0.1, -0.05) is 20.8 Å². The molecule has 1 N–H and O–H groups in total. The Morgan fingerprint density at radius 3 is 2.53 bits per heavy atom. The van der Waals surface area contributed by atoms with Crippen LogP contribution in [0.3, 0.4) is 0 Å². The van der Waals surface area contributed by atoms with Gasteiger partial charge in [-0.15, -0.1) is 0 Å². The molecule has 0 saturated carbocycles. The average Bonchev–Trinajstić information content (AvgIpc) is 2.38. The predicted octanol–water partition coefficient (Wildman–Crippen LogP) is 2.62. The summed E-state index contributed by atoms with van der Waals surface area (Å²) in [5, 5.41) is 3.57. The van der Waals surface area contributed by atoms with Gasteiger partial charge >= 0.3 is 0 Å². The number of nitrogens with one attached hydrogen (secondary N) is 1. The van der Waals surface area contributed by atoms with Gasteiger partial charge in [-0.25, -0.2) is 0 Å². The molecule has 3 heteroatoms. The zero-order valence-corrected chi connectivity index (χ0v) is 13.6. The zero-order valence-electron chi connectivity index (χ0n) is 13.6. The first-order chi connectivity index (χ1) is 9.00. The van der Waals surface area contributed by atoms with E-state index in [1.807, 2.05) is 0 Å². The van der Waals surface area contributed by atoms with Crippen molar-refractivity contribution in [2.45, 2.75) is 46.6 Å².